The van der Waals surface area contributed by atoms with Gasteiger partial charge < -0.3 is 20.1 Å². The lowest BCUT2D eigenvalue weighted by Gasteiger charge is -2.16. The van der Waals surface area contributed by atoms with Crippen LogP contribution in [-0.4, -0.2) is 26.0 Å². The highest BCUT2D eigenvalue weighted by molar-refractivity contribution is 6.35. The highest BCUT2D eigenvalue weighted by Gasteiger charge is 2.18. The van der Waals surface area contributed by atoms with Gasteiger partial charge in [-0.25, -0.2) is 4.39 Å². The average molecular weight is 360 g/mol. The molecule has 2 amide bonds. The van der Waals surface area contributed by atoms with Crippen LogP contribution in [-0.2, 0) is 16.1 Å². The van der Waals surface area contributed by atoms with Crippen LogP contribution in [0.15, 0.2) is 42.5 Å². The van der Waals surface area contributed by atoms with Gasteiger partial charge in [0.05, 0.1) is 20.3 Å². The number of nitrogens with one attached hydrogen (secondary N) is 2. The molecule has 2 N–H and O–H groups in total. The van der Waals surface area contributed by atoms with Gasteiger partial charge in [0.1, 0.15) is 5.82 Å². The molecule has 0 aromatic heterocycles. The molecule has 2 aromatic rings. The molecular formula is C19H21FN2O4. The SMILES string of the molecule is COc1ccc(C(C)NC(=O)C(=O)NCc2ccc(F)cc2)cc1OC. The van der Waals surface area contributed by atoms with Gasteiger partial charge >= 0.3 is 11.8 Å². The highest BCUT2D eigenvalue weighted by atomic mass is 19.1. The minimum Gasteiger partial charge on any atom is -0.493 e. The molecule has 0 bridgehead atoms. The lowest BCUT2D eigenvalue weighted by atomic mass is 10.1. The van der Waals surface area contributed by atoms with Crippen LogP contribution < -0.4 is 20.1 Å². The quantitative estimate of drug-likeness (QED) is 0.776. The molecular weight excluding hydrogens is 339 g/mol. The summed E-state index contributed by atoms with van der Waals surface area (Å²) in [4.78, 5) is 24.0. The fraction of sp³-hybridized carbons (Fsp3) is 0.263. The lowest BCUT2D eigenvalue weighted by molar-refractivity contribution is -0.139. The zero-order valence-electron chi connectivity index (χ0n) is 14.8. The van der Waals surface area contributed by atoms with Crippen molar-refractivity contribution in [3.8, 4) is 11.5 Å². The molecule has 138 valence electrons. The Morgan fingerprint density at radius 1 is 1.00 bits per heavy atom. The normalized spacial score (nSPS) is 11.4. The number of carbonyl (C=O) groups is 2. The van der Waals surface area contributed by atoms with Gasteiger partial charge in [-0.1, -0.05) is 18.2 Å². The van der Waals surface area contributed by atoms with Gasteiger partial charge in [0.15, 0.2) is 11.5 Å². The van der Waals surface area contributed by atoms with Crippen LogP contribution in [0.1, 0.15) is 24.1 Å². The first kappa shape index (κ1) is 19.2. The maximum Gasteiger partial charge on any atom is 0.309 e. The molecule has 1 unspecified atom stereocenters. The Balaban J connectivity index is 1.93. The van der Waals surface area contributed by atoms with Gasteiger partial charge in [0.25, 0.3) is 0 Å². The Hall–Kier alpha value is -3.09. The van der Waals surface area contributed by atoms with Crippen molar-refractivity contribution < 1.29 is 23.5 Å². The topological polar surface area (TPSA) is 76.7 Å². The van der Waals surface area contributed by atoms with Crippen molar-refractivity contribution in [2.45, 2.75) is 19.5 Å². The minimum atomic E-state index is -0.762. The maximum atomic E-state index is 12.9. The van der Waals surface area contributed by atoms with E-state index in [4.69, 9.17) is 9.47 Å². The zero-order chi connectivity index (χ0) is 19.1. The molecule has 26 heavy (non-hydrogen) atoms. The van der Waals surface area contributed by atoms with Crippen molar-refractivity contribution in [2.75, 3.05) is 14.2 Å². The van der Waals surface area contributed by atoms with Crippen LogP contribution in [0.3, 0.4) is 0 Å². The number of benzene rings is 2. The Bertz CT molecular complexity index is 778. The van der Waals surface area contributed by atoms with Crippen LogP contribution in [0.25, 0.3) is 0 Å². The molecule has 0 saturated carbocycles. The number of methoxy groups -OCH3 is 2. The number of hydrogen-bond acceptors (Lipinski definition) is 4. The van der Waals surface area contributed by atoms with E-state index in [1.165, 1.54) is 26.4 Å². The summed E-state index contributed by atoms with van der Waals surface area (Å²) in [5, 5.41) is 5.12. The van der Waals surface area contributed by atoms with Crippen molar-refractivity contribution in [1.82, 2.24) is 10.6 Å². The number of ether oxygens (including phenoxy) is 2. The fourth-order valence-electron chi connectivity index (χ4n) is 2.33. The van der Waals surface area contributed by atoms with Crippen molar-refractivity contribution >= 4 is 11.8 Å². The largest absolute Gasteiger partial charge is 0.493 e. The van der Waals surface area contributed by atoms with Crippen LogP contribution >= 0.6 is 0 Å². The van der Waals surface area contributed by atoms with E-state index in [-0.39, 0.29) is 12.4 Å². The molecule has 0 aliphatic heterocycles. The molecule has 2 rings (SSSR count). The van der Waals surface area contributed by atoms with E-state index in [2.05, 4.69) is 10.6 Å². The summed E-state index contributed by atoms with van der Waals surface area (Å²) >= 11 is 0. The second-order valence-electron chi connectivity index (χ2n) is 5.62. The Kier molecular flexibility index (Phi) is 6.54. The van der Waals surface area contributed by atoms with Gasteiger partial charge in [-0.3, -0.25) is 9.59 Å². The first-order valence-electron chi connectivity index (χ1n) is 7.99. The third-order valence-electron chi connectivity index (χ3n) is 3.83. The summed E-state index contributed by atoms with van der Waals surface area (Å²) in [6.07, 6.45) is 0. The number of halogens is 1. The third-order valence-corrected chi connectivity index (χ3v) is 3.83. The zero-order valence-corrected chi connectivity index (χ0v) is 14.8. The monoisotopic (exact) mass is 360 g/mol. The van der Waals surface area contributed by atoms with Crippen molar-refractivity contribution in [2.24, 2.45) is 0 Å². The van der Waals surface area contributed by atoms with Crippen LogP contribution in [0.2, 0.25) is 0 Å². The molecule has 0 aliphatic carbocycles. The van der Waals surface area contributed by atoms with E-state index in [0.29, 0.717) is 17.1 Å². The first-order chi connectivity index (χ1) is 12.4. The predicted molar refractivity (Wildman–Crippen MR) is 94.4 cm³/mol. The minimum absolute atomic E-state index is 0.136. The van der Waals surface area contributed by atoms with E-state index in [1.807, 2.05) is 0 Å². The maximum absolute atomic E-state index is 12.9. The van der Waals surface area contributed by atoms with Gasteiger partial charge in [-0.2, -0.15) is 0 Å². The van der Waals surface area contributed by atoms with Crippen molar-refractivity contribution in [3.63, 3.8) is 0 Å². The molecule has 0 saturated heterocycles. The lowest BCUT2D eigenvalue weighted by Crippen LogP contribution is -2.40. The average Bonchev–Trinajstić information content (AvgIpc) is 2.66. The summed E-state index contributed by atoms with van der Waals surface area (Å²) in [7, 11) is 3.06. The molecule has 1 atom stereocenters. The number of hydrogen-bond donors (Lipinski definition) is 2. The standard InChI is InChI=1S/C19H21FN2O4/c1-12(14-6-9-16(25-2)17(10-14)26-3)22-19(24)18(23)21-11-13-4-7-15(20)8-5-13/h4-10,12H,11H2,1-3H3,(H,21,23)(H,22,24). The fourth-order valence-corrected chi connectivity index (χ4v) is 2.33. The summed E-state index contributed by atoms with van der Waals surface area (Å²) in [6, 6.07) is 10.5. The number of amides is 2. The molecule has 6 nitrogen and oxygen atoms in total. The Morgan fingerprint density at radius 2 is 1.65 bits per heavy atom. The second-order valence-corrected chi connectivity index (χ2v) is 5.62. The van der Waals surface area contributed by atoms with Gasteiger partial charge in [-0.05, 0) is 42.3 Å². The Morgan fingerprint density at radius 3 is 2.27 bits per heavy atom. The second kappa shape index (κ2) is 8.84. The first-order valence-corrected chi connectivity index (χ1v) is 7.99. The van der Waals surface area contributed by atoms with Gasteiger partial charge in [0, 0.05) is 6.54 Å². The van der Waals surface area contributed by atoms with Gasteiger partial charge in [-0.15, -0.1) is 0 Å². The summed E-state index contributed by atoms with van der Waals surface area (Å²) in [5.74, 6) is -0.767. The molecule has 2 aromatic carbocycles. The van der Waals surface area contributed by atoms with Crippen molar-refractivity contribution in [3.05, 3.63) is 59.4 Å². The number of rotatable bonds is 6. The van der Waals surface area contributed by atoms with Crippen LogP contribution in [0.5, 0.6) is 11.5 Å². The summed E-state index contributed by atoms with van der Waals surface area (Å²) in [6.45, 7) is 1.89. The molecule has 0 aliphatic rings. The van der Waals surface area contributed by atoms with E-state index >= 15 is 0 Å². The van der Waals surface area contributed by atoms with E-state index in [0.717, 1.165) is 5.56 Å². The summed E-state index contributed by atoms with van der Waals surface area (Å²) < 4.78 is 23.3. The van der Waals surface area contributed by atoms with E-state index < -0.39 is 17.9 Å². The molecule has 0 spiro atoms. The van der Waals surface area contributed by atoms with Crippen molar-refractivity contribution in [1.29, 1.82) is 0 Å². The smallest absolute Gasteiger partial charge is 0.309 e. The molecule has 0 radical (unpaired) electrons. The summed E-state index contributed by atoms with van der Waals surface area (Å²) in [5.41, 5.74) is 1.46. The predicted octanol–water partition coefficient (Wildman–Crippen LogP) is 2.34. The molecule has 0 heterocycles. The van der Waals surface area contributed by atoms with Gasteiger partial charge in [0.2, 0.25) is 0 Å². The highest BCUT2D eigenvalue weighted by Crippen LogP contribution is 2.29. The van der Waals surface area contributed by atoms with E-state index in [9.17, 15) is 14.0 Å². The van der Waals surface area contributed by atoms with Crippen LogP contribution in [0, 0.1) is 5.82 Å². The van der Waals surface area contributed by atoms with E-state index in [1.54, 1.807) is 37.3 Å². The van der Waals surface area contributed by atoms with Crippen LogP contribution in [0.4, 0.5) is 4.39 Å². The molecule has 7 heteroatoms. The third kappa shape index (κ3) is 4.95. The Labute approximate surface area is 151 Å². The number of carbonyl (C=O) groups excluding carboxylic acids is 2. The molecule has 0 fully saturated rings.